The Labute approximate surface area is 137 Å². The van der Waals surface area contributed by atoms with Gasteiger partial charge in [0.1, 0.15) is 10.5 Å². The highest BCUT2D eigenvalue weighted by Gasteiger charge is 2.36. The number of furan rings is 1. The number of alkyl halides is 3. The van der Waals surface area contributed by atoms with Crippen LogP contribution in [0.4, 0.5) is 23.1 Å². The average Bonchev–Trinajstić information content (AvgIpc) is 3.13. The van der Waals surface area contributed by atoms with Crippen LogP contribution in [0.1, 0.15) is 23.4 Å². The van der Waals surface area contributed by atoms with Crippen LogP contribution in [0.5, 0.6) is 0 Å². The molecule has 3 rings (SSSR count). The number of hydrogen-bond acceptors (Lipinski definition) is 4. The van der Waals surface area contributed by atoms with Gasteiger partial charge in [0.15, 0.2) is 5.13 Å². The maximum absolute atomic E-state index is 12.7. The second-order valence-electron chi connectivity index (χ2n) is 5.02. The number of para-hydroxylation sites is 1. The molecule has 0 aliphatic heterocycles. The summed E-state index contributed by atoms with van der Waals surface area (Å²) in [6, 6.07) is 6.25. The largest absolute Gasteiger partial charge is 0.465 e. The van der Waals surface area contributed by atoms with Gasteiger partial charge in [-0.1, -0.05) is 29.5 Å². The SMILES string of the molecule is C[C@@H](c1coc2ccccc12)N(C(=O)O)c1ncc(C(F)(F)F)s1. The maximum atomic E-state index is 12.7. The third kappa shape index (κ3) is 2.82. The van der Waals surface area contributed by atoms with E-state index in [0.29, 0.717) is 22.7 Å². The molecule has 0 fully saturated rings. The molecule has 2 heterocycles. The Morgan fingerprint density at radius 3 is 2.71 bits per heavy atom. The summed E-state index contributed by atoms with van der Waals surface area (Å²) in [5.41, 5.74) is 1.12. The lowest BCUT2D eigenvalue weighted by molar-refractivity contribution is -0.134. The molecule has 9 heteroatoms. The van der Waals surface area contributed by atoms with Gasteiger partial charge >= 0.3 is 12.3 Å². The van der Waals surface area contributed by atoms with Crippen molar-refractivity contribution in [2.75, 3.05) is 4.90 Å². The van der Waals surface area contributed by atoms with Crippen molar-refractivity contribution < 1.29 is 27.5 Å². The van der Waals surface area contributed by atoms with Crippen LogP contribution in [0.25, 0.3) is 11.0 Å². The molecule has 1 aromatic carbocycles. The molecule has 1 amide bonds. The number of carbonyl (C=O) groups is 1. The average molecular weight is 356 g/mol. The molecule has 24 heavy (non-hydrogen) atoms. The predicted molar refractivity (Wildman–Crippen MR) is 82.2 cm³/mol. The van der Waals surface area contributed by atoms with Gasteiger partial charge in [-0.05, 0) is 13.0 Å². The zero-order chi connectivity index (χ0) is 17.5. The van der Waals surface area contributed by atoms with Crippen LogP contribution in [0, 0.1) is 0 Å². The van der Waals surface area contributed by atoms with E-state index in [1.54, 1.807) is 31.2 Å². The Hall–Kier alpha value is -2.55. The number of aromatic nitrogens is 1. The van der Waals surface area contributed by atoms with E-state index < -0.39 is 23.2 Å². The van der Waals surface area contributed by atoms with Gasteiger partial charge in [-0.3, -0.25) is 0 Å². The molecule has 0 radical (unpaired) electrons. The summed E-state index contributed by atoms with van der Waals surface area (Å²) in [6.45, 7) is 1.57. The number of halogens is 3. The number of benzene rings is 1. The summed E-state index contributed by atoms with van der Waals surface area (Å²) in [5, 5.41) is 9.92. The predicted octanol–water partition coefficient (Wildman–Crippen LogP) is 5.15. The topological polar surface area (TPSA) is 66.6 Å². The van der Waals surface area contributed by atoms with Crippen LogP contribution < -0.4 is 4.90 Å². The number of anilines is 1. The van der Waals surface area contributed by atoms with E-state index in [2.05, 4.69) is 4.98 Å². The summed E-state index contributed by atoms with van der Waals surface area (Å²) >= 11 is 0.286. The number of fused-ring (bicyclic) bond motifs is 1. The number of hydrogen-bond donors (Lipinski definition) is 1. The Kier molecular flexibility index (Phi) is 3.96. The molecule has 1 N–H and O–H groups in total. The molecule has 0 unspecified atom stereocenters. The molecule has 0 spiro atoms. The first-order chi connectivity index (χ1) is 11.3. The smallest absolute Gasteiger partial charge is 0.427 e. The first-order valence-corrected chi connectivity index (χ1v) is 7.62. The van der Waals surface area contributed by atoms with Crippen molar-refractivity contribution in [2.24, 2.45) is 0 Å². The normalized spacial score (nSPS) is 13.2. The van der Waals surface area contributed by atoms with Gasteiger partial charge in [0.25, 0.3) is 0 Å². The quantitative estimate of drug-likeness (QED) is 0.704. The zero-order valence-electron chi connectivity index (χ0n) is 12.2. The van der Waals surface area contributed by atoms with E-state index in [0.717, 1.165) is 4.90 Å². The van der Waals surface area contributed by atoms with Crippen molar-refractivity contribution in [2.45, 2.75) is 19.1 Å². The number of thiazole rings is 1. The minimum absolute atomic E-state index is 0.243. The lowest BCUT2D eigenvalue weighted by Gasteiger charge is -2.23. The monoisotopic (exact) mass is 356 g/mol. The van der Waals surface area contributed by atoms with Crippen LogP contribution >= 0.6 is 11.3 Å². The molecular weight excluding hydrogens is 345 g/mol. The molecule has 126 valence electrons. The fraction of sp³-hybridized carbons (Fsp3) is 0.200. The molecule has 2 aromatic heterocycles. The van der Waals surface area contributed by atoms with E-state index in [1.807, 2.05) is 0 Å². The highest BCUT2D eigenvalue weighted by molar-refractivity contribution is 7.15. The van der Waals surface area contributed by atoms with Crippen LogP contribution in [-0.2, 0) is 6.18 Å². The van der Waals surface area contributed by atoms with E-state index >= 15 is 0 Å². The summed E-state index contributed by atoms with van der Waals surface area (Å²) in [7, 11) is 0. The van der Waals surface area contributed by atoms with E-state index in [4.69, 9.17) is 4.42 Å². The van der Waals surface area contributed by atoms with Crippen molar-refractivity contribution in [3.8, 4) is 0 Å². The number of rotatable bonds is 3. The van der Waals surface area contributed by atoms with Crippen molar-refractivity contribution in [1.29, 1.82) is 0 Å². The van der Waals surface area contributed by atoms with Crippen molar-refractivity contribution in [3.05, 3.63) is 47.2 Å². The summed E-state index contributed by atoms with van der Waals surface area (Å²) in [5.74, 6) is 0. The molecule has 0 aliphatic rings. The standard InChI is InChI=1S/C15H11F3N2O3S/c1-8(10-7-23-11-5-3-2-4-9(10)11)20(14(21)22)13-19-6-12(24-13)15(16,17)18/h2-8H,1H3,(H,21,22)/t8-/m0/s1. The highest BCUT2D eigenvalue weighted by atomic mass is 32.1. The van der Waals surface area contributed by atoms with Gasteiger partial charge in [-0.2, -0.15) is 13.2 Å². The Morgan fingerprint density at radius 1 is 1.38 bits per heavy atom. The molecular formula is C15H11F3N2O3S. The van der Waals surface area contributed by atoms with Crippen LogP contribution in [0.3, 0.4) is 0 Å². The van der Waals surface area contributed by atoms with Gasteiger partial charge in [0, 0.05) is 10.9 Å². The van der Waals surface area contributed by atoms with Gasteiger partial charge in [-0.25, -0.2) is 14.7 Å². The van der Waals surface area contributed by atoms with Crippen molar-refractivity contribution in [1.82, 2.24) is 4.98 Å². The second kappa shape index (κ2) is 5.82. The lowest BCUT2D eigenvalue weighted by atomic mass is 10.1. The van der Waals surface area contributed by atoms with E-state index in [-0.39, 0.29) is 16.5 Å². The Morgan fingerprint density at radius 2 is 2.08 bits per heavy atom. The number of nitrogens with zero attached hydrogens (tertiary/aromatic N) is 2. The molecule has 0 saturated carbocycles. The molecule has 0 bridgehead atoms. The third-order valence-electron chi connectivity index (χ3n) is 3.53. The molecule has 0 aliphatic carbocycles. The minimum Gasteiger partial charge on any atom is -0.465 e. The molecule has 1 atom stereocenters. The second-order valence-corrected chi connectivity index (χ2v) is 6.03. The van der Waals surface area contributed by atoms with Crippen LogP contribution in [-0.4, -0.2) is 16.2 Å². The van der Waals surface area contributed by atoms with Crippen LogP contribution in [0.2, 0.25) is 0 Å². The first kappa shape index (κ1) is 16.3. The highest BCUT2D eigenvalue weighted by Crippen LogP contribution is 2.39. The third-order valence-corrected chi connectivity index (χ3v) is 4.57. The van der Waals surface area contributed by atoms with Gasteiger partial charge < -0.3 is 9.52 Å². The summed E-state index contributed by atoms with van der Waals surface area (Å²) in [6.07, 6.45) is -3.92. The molecule has 0 saturated heterocycles. The number of amides is 1. The van der Waals surface area contributed by atoms with Gasteiger partial charge in [0.2, 0.25) is 0 Å². The lowest BCUT2D eigenvalue weighted by Crippen LogP contribution is -2.31. The summed E-state index contributed by atoms with van der Waals surface area (Å²) < 4.78 is 43.6. The summed E-state index contributed by atoms with van der Waals surface area (Å²) in [4.78, 5) is 15.1. The molecule has 5 nitrogen and oxygen atoms in total. The van der Waals surface area contributed by atoms with Gasteiger partial charge in [0.05, 0.1) is 18.5 Å². The van der Waals surface area contributed by atoms with E-state index in [1.165, 1.54) is 6.26 Å². The maximum Gasteiger partial charge on any atom is 0.427 e. The van der Waals surface area contributed by atoms with Crippen molar-refractivity contribution >= 4 is 33.5 Å². The zero-order valence-corrected chi connectivity index (χ0v) is 13.1. The minimum atomic E-state index is -4.56. The Bertz CT molecular complexity index is 887. The molecule has 3 aromatic rings. The van der Waals surface area contributed by atoms with E-state index in [9.17, 15) is 23.1 Å². The van der Waals surface area contributed by atoms with Gasteiger partial charge in [-0.15, -0.1) is 0 Å². The number of carboxylic acid groups (broad SMARTS) is 1. The fourth-order valence-corrected chi connectivity index (χ4v) is 3.24. The Balaban J connectivity index is 2.02. The fourth-order valence-electron chi connectivity index (χ4n) is 2.38. The van der Waals surface area contributed by atoms with Crippen molar-refractivity contribution in [3.63, 3.8) is 0 Å². The first-order valence-electron chi connectivity index (χ1n) is 6.80. The van der Waals surface area contributed by atoms with Crippen LogP contribution in [0.15, 0.2) is 41.1 Å².